The van der Waals surface area contributed by atoms with Crippen LogP contribution in [-0.2, 0) is 15.0 Å². The molecule has 2 aromatic heterocycles. The Kier molecular flexibility index (Phi) is 8.61. The van der Waals surface area contributed by atoms with Gasteiger partial charge in [-0.25, -0.2) is 9.97 Å². The first-order chi connectivity index (χ1) is 24.8. The molecule has 2 aliphatic carbocycles. The lowest BCUT2D eigenvalue weighted by molar-refractivity contribution is -0.140. The fourth-order valence-corrected chi connectivity index (χ4v) is 10.0. The molecule has 2 amide bonds. The van der Waals surface area contributed by atoms with Gasteiger partial charge in [0.15, 0.2) is 5.82 Å². The van der Waals surface area contributed by atoms with E-state index in [4.69, 9.17) is 9.97 Å². The van der Waals surface area contributed by atoms with E-state index in [1.165, 1.54) is 45.2 Å². The summed E-state index contributed by atoms with van der Waals surface area (Å²) >= 11 is 0. The van der Waals surface area contributed by atoms with Crippen molar-refractivity contribution in [1.82, 2.24) is 29.7 Å². The maximum Gasteiger partial charge on any atom is 0.238 e. The zero-order valence-corrected chi connectivity index (χ0v) is 30.9. The zero-order chi connectivity index (χ0) is 34.9. The number of carbonyl (C=O) groups excluding carboxylic acids is 2. The van der Waals surface area contributed by atoms with E-state index in [9.17, 15) is 9.59 Å². The van der Waals surface area contributed by atoms with Gasteiger partial charge in [-0.3, -0.25) is 9.59 Å². The molecule has 1 unspecified atom stereocenters. The van der Waals surface area contributed by atoms with E-state index in [0.29, 0.717) is 43.9 Å². The second-order valence-electron chi connectivity index (χ2n) is 17.0. The molecule has 2 saturated carbocycles. The van der Waals surface area contributed by atoms with Crippen molar-refractivity contribution in [3.8, 4) is 11.3 Å². The third-order valence-corrected chi connectivity index (χ3v) is 13.5. The number of fused-ring (bicyclic) bond motifs is 3. The van der Waals surface area contributed by atoms with Crippen molar-refractivity contribution in [2.75, 3.05) is 49.5 Å². The van der Waals surface area contributed by atoms with Crippen LogP contribution < -0.4 is 15.5 Å². The quantitative estimate of drug-likeness (QED) is 0.294. The number of hydrogen-bond donors (Lipinski definition) is 2. The summed E-state index contributed by atoms with van der Waals surface area (Å²) < 4.78 is 2.21. The van der Waals surface area contributed by atoms with Gasteiger partial charge < -0.3 is 29.9 Å². The number of benzene rings is 1. The van der Waals surface area contributed by atoms with Crippen LogP contribution in [-0.4, -0.2) is 93.5 Å². The molecule has 6 aliphatic rings. The van der Waals surface area contributed by atoms with Gasteiger partial charge in [0.05, 0.1) is 23.0 Å². The zero-order valence-electron chi connectivity index (χ0n) is 30.9. The lowest BCUT2D eigenvalue weighted by atomic mass is 9.73. The Labute approximate surface area is 302 Å². The summed E-state index contributed by atoms with van der Waals surface area (Å²) in [5, 5.41) is 7.14. The van der Waals surface area contributed by atoms with Crippen LogP contribution >= 0.6 is 0 Å². The van der Waals surface area contributed by atoms with Crippen LogP contribution in [0.3, 0.4) is 0 Å². The highest BCUT2D eigenvalue weighted by molar-refractivity contribution is 6.09. The first kappa shape index (κ1) is 33.3. The van der Waals surface area contributed by atoms with Gasteiger partial charge in [-0.15, -0.1) is 0 Å². The SMILES string of the molecule is CC(C(=O)N1CCC2(CC1)C(=O)N([C@H]1C[C@@H](N3CCCCC3)C1)c1cc(-c3cc4ncn(C(C)C)c4c(NC4CC4)n3)ccc12)C1CCNCC1. The second-order valence-corrected chi connectivity index (χ2v) is 17.0. The number of piperidine rings is 3. The molecule has 0 bridgehead atoms. The molecular weight excluding hydrogens is 637 g/mol. The van der Waals surface area contributed by atoms with E-state index in [-0.39, 0.29) is 29.8 Å². The highest BCUT2D eigenvalue weighted by Gasteiger charge is 2.56. The van der Waals surface area contributed by atoms with Gasteiger partial charge in [0, 0.05) is 54.4 Å². The van der Waals surface area contributed by atoms with E-state index in [2.05, 4.69) is 74.9 Å². The van der Waals surface area contributed by atoms with Gasteiger partial charge in [-0.2, -0.15) is 0 Å². The maximum atomic E-state index is 14.9. The van der Waals surface area contributed by atoms with Crippen molar-refractivity contribution in [3.63, 3.8) is 0 Å². The molecule has 10 heteroatoms. The first-order valence-electron chi connectivity index (χ1n) is 20.2. The standard InChI is InChI=1S/C41H56N8O2/c1-26(2)48-25-43-35-24-34(45-38(37(35)48)44-30-8-9-30)29-7-10-33-36(21-29)49(32-22-31(23-32)46-17-5-4-6-18-46)40(51)41(33)13-19-47(20-14-41)39(50)27(3)28-11-15-42-16-12-28/h7,10,21,24-28,30-32,42H,4-6,8-9,11-20,22-23H2,1-3H3,(H,44,45)/t27?,31-,32+. The van der Waals surface area contributed by atoms with Crippen molar-refractivity contribution in [2.24, 2.45) is 11.8 Å². The highest BCUT2D eigenvalue weighted by Crippen LogP contribution is 2.52. The van der Waals surface area contributed by atoms with Crippen LogP contribution in [0, 0.1) is 11.8 Å². The van der Waals surface area contributed by atoms with Crippen LogP contribution in [0.15, 0.2) is 30.6 Å². The number of likely N-dealkylation sites (tertiary alicyclic amines) is 2. The molecule has 9 rings (SSSR count). The van der Waals surface area contributed by atoms with Crippen molar-refractivity contribution in [3.05, 3.63) is 36.2 Å². The third kappa shape index (κ3) is 5.85. The number of aromatic nitrogens is 3. The van der Waals surface area contributed by atoms with E-state index in [1.54, 1.807) is 0 Å². The molecule has 1 spiro atoms. The molecule has 4 aliphatic heterocycles. The topological polar surface area (TPSA) is 98.6 Å². The number of amides is 2. The van der Waals surface area contributed by atoms with Gasteiger partial charge in [0.1, 0.15) is 5.52 Å². The molecule has 2 N–H and O–H groups in total. The molecule has 51 heavy (non-hydrogen) atoms. The van der Waals surface area contributed by atoms with E-state index >= 15 is 0 Å². The predicted octanol–water partition coefficient (Wildman–Crippen LogP) is 6.11. The lowest BCUT2D eigenvalue weighted by Crippen LogP contribution is -2.58. The number of carbonyl (C=O) groups is 2. The fraction of sp³-hybridized carbons (Fsp3) is 0.659. The number of imidazole rings is 1. The molecule has 3 saturated heterocycles. The smallest absolute Gasteiger partial charge is 0.238 e. The summed E-state index contributed by atoms with van der Waals surface area (Å²) in [5.41, 5.74) is 5.56. The van der Waals surface area contributed by atoms with Gasteiger partial charge in [-0.1, -0.05) is 25.5 Å². The molecular formula is C41H56N8O2. The predicted molar refractivity (Wildman–Crippen MR) is 202 cm³/mol. The molecule has 0 radical (unpaired) electrons. The summed E-state index contributed by atoms with van der Waals surface area (Å²) in [6.07, 6.45) is 13.8. The summed E-state index contributed by atoms with van der Waals surface area (Å²) in [4.78, 5) is 45.7. The number of nitrogens with one attached hydrogen (secondary N) is 2. The van der Waals surface area contributed by atoms with E-state index < -0.39 is 5.41 Å². The average molecular weight is 693 g/mol. The normalized spacial score (nSPS) is 26.2. The van der Waals surface area contributed by atoms with Crippen LogP contribution in [0.5, 0.6) is 0 Å². The largest absolute Gasteiger partial charge is 0.366 e. The van der Waals surface area contributed by atoms with Gasteiger partial charge in [0.25, 0.3) is 0 Å². The summed E-state index contributed by atoms with van der Waals surface area (Å²) in [7, 11) is 0. The number of nitrogens with zero attached hydrogens (tertiary/aromatic N) is 6. The average Bonchev–Trinajstić information content (AvgIpc) is 3.80. The number of rotatable bonds is 8. The monoisotopic (exact) mass is 692 g/mol. The van der Waals surface area contributed by atoms with E-state index in [1.807, 2.05) is 6.33 Å². The van der Waals surface area contributed by atoms with Crippen LogP contribution in [0.4, 0.5) is 11.5 Å². The van der Waals surface area contributed by atoms with Crippen LogP contribution in [0.2, 0.25) is 0 Å². The molecule has 1 aromatic carbocycles. The van der Waals surface area contributed by atoms with Crippen LogP contribution in [0.1, 0.15) is 103 Å². The van der Waals surface area contributed by atoms with Crippen molar-refractivity contribution in [1.29, 1.82) is 0 Å². The fourth-order valence-electron chi connectivity index (χ4n) is 10.0. The van der Waals surface area contributed by atoms with Crippen molar-refractivity contribution >= 4 is 34.4 Å². The lowest BCUT2D eigenvalue weighted by Gasteiger charge is -2.48. The molecule has 3 aromatic rings. The van der Waals surface area contributed by atoms with Gasteiger partial charge in [-0.05, 0) is 128 Å². The Morgan fingerprint density at radius 1 is 0.941 bits per heavy atom. The second kappa shape index (κ2) is 13.2. The minimum Gasteiger partial charge on any atom is -0.366 e. The molecule has 6 heterocycles. The Hall–Kier alpha value is -3.50. The third-order valence-electron chi connectivity index (χ3n) is 13.5. The van der Waals surface area contributed by atoms with Crippen molar-refractivity contribution < 1.29 is 9.59 Å². The van der Waals surface area contributed by atoms with Crippen LogP contribution in [0.25, 0.3) is 22.3 Å². The first-order valence-corrected chi connectivity index (χ1v) is 20.2. The molecule has 272 valence electrons. The number of pyridine rings is 1. The Morgan fingerprint density at radius 3 is 2.39 bits per heavy atom. The summed E-state index contributed by atoms with van der Waals surface area (Å²) in [6, 6.07) is 10.3. The van der Waals surface area contributed by atoms with Crippen molar-refractivity contribution in [2.45, 2.75) is 121 Å². The maximum absolute atomic E-state index is 14.9. The summed E-state index contributed by atoms with van der Waals surface area (Å²) in [5.74, 6) is 1.90. The van der Waals surface area contributed by atoms with E-state index in [0.717, 1.165) is 78.1 Å². The summed E-state index contributed by atoms with van der Waals surface area (Å²) in [6.45, 7) is 12.1. The number of anilines is 2. The Morgan fingerprint density at radius 2 is 1.69 bits per heavy atom. The minimum atomic E-state index is -0.578. The molecule has 10 nitrogen and oxygen atoms in total. The Bertz CT molecular complexity index is 1790. The molecule has 5 fully saturated rings. The van der Waals surface area contributed by atoms with Gasteiger partial charge >= 0.3 is 0 Å². The minimum absolute atomic E-state index is 0.0320. The highest BCUT2D eigenvalue weighted by atomic mass is 16.2. The van der Waals surface area contributed by atoms with Gasteiger partial charge in [0.2, 0.25) is 11.8 Å². The molecule has 1 atom stereocenters. The Balaban J connectivity index is 1.03. The number of hydrogen-bond acceptors (Lipinski definition) is 7.